The number of aromatic amines is 1. The Morgan fingerprint density at radius 1 is 1.26 bits per heavy atom. The molecule has 0 fully saturated rings. The average molecular weight is 366 g/mol. The number of halogens is 2. The summed E-state index contributed by atoms with van der Waals surface area (Å²) >= 11 is 13.4. The van der Waals surface area contributed by atoms with Gasteiger partial charge in [-0.15, -0.1) is 11.3 Å². The van der Waals surface area contributed by atoms with Crippen molar-refractivity contribution < 1.29 is 4.79 Å². The van der Waals surface area contributed by atoms with Gasteiger partial charge in [-0.2, -0.15) is 5.10 Å². The third kappa shape index (κ3) is 3.75. The average Bonchev–Trinajstić information content (AvgIpc) is 3.16. The molecule has 0 unspecified atom stereocenters. The third-order valence-corrected chi connectivity index (χ3v) is 4.75. The Morgan fingerprint density at radius 2 is 2.09 bits per heavy atom. The van der Waals surface area contributed by atoms with Gasteiger partial charge in [0.05, 0.1) is 16.6 Å². The number of nitrogens with one attached hydrogen (secondary N) is 1. The lowest BCUT2D eigenvalue weighted by Gasteiger charge is -2.14. The molecule has 0 aliphatic rings. The summed E-state index contributed by atoms with van der Waals surface area (Å²) in [6, 6.07) is 12.8. The van der Waals surface area contributed by atoms with E-state index in [1.807, 2.05) is 30.3 Å². The van der Waals surface area contributed by atoms with Crippen molar-refractivity contribution in [3.05, 3.63) is 62.4 Å². The van der Waals surface area contributed by atoms with Gasteiger partial charge in [0.2, 0.25) is 0 Å². The van der Waals surface area contributed by atoms with Crippen molar-refractivity contribution in [2.24, 2.45) is 0 Å². The maximum Gasteiger partial charge on any atom is 0.271 e. The van der Waals surface area contributed by atoms with Gasteiger partial charge in [-0.05, 0) is 30.3 Å². The molecule has 2 heterocycles. The van der Waals surface area contributed by atoms with Gasteiger partial charge in [-0.25, -0.2) is 0 Å². The molecule has 7 heteroatoms. The highest BCUT2D eigenvalue weighted by Crippen LogP contribution is 2.24. The Morgan fingerprint density at radius 3 is 2.78 bits per heavy atom. The molecule has 23 heavy (non-hydrogen) atoms. The Hall–Kier alpha value is -1.82. The van der Waals surface area contributed by atoms with E-state index in [1.54, 1.807) is 24.1 Å². The smallest absolute Gasteiger partial charge is 0.271 e. The van der Waals surface area contributed by atoms with E-state index >= 15 is 0 Å². The maximum absolute atomic E-state index is 12.5. The molecule has 1 N–H and O–H groups in total. The highest BCUT2D eigenvalue weighted by molar-refractivity contribution is 7.16. The Kier molecular flexibility index (Phi) is 4.71. The monoisotopic (exact) mass is 365 g/mol. The third-order valence-electron chi connectivity index (χ3n) is 3.30. The van der Waals surface area contributed by atoms with Crippen LogP contribution in [0.4, 0.5) is 0 Å². The summed E-state index contributed by atoms with van der Waals surface area (Å²) in [4.78, 5) is 15.1. The minimum Gasteiger partial charge on any atom is -0.335 e. The normalized spacial score (nSPS) is 10.7. The van der Waals surface area contributed by atoms with Crippen molar-refractivity contribution in [3.63, 3.8) is 0 Å². The minimum atomic E-state index is -0.129. The fourth-order valence-corrected chi connectivity index (χ4v) is 3.51. The summed E-state index contributed by atoms with van der Waals surface area (Å²) < 4.78 is 0.714. The fourth-order valence-electron chi connectivity index (χ4n) is 2.17. The topological polar surface area (TPSA) is 49.0 Å². The molecule has 4 nitrogen and oxygen atoms in total. The standard InChI is InChI=1S/C16H13Cl2N3OS/c1-21(9-12-5-6-15(18)23-12)16(22)14-8-13(19-20-14)10-3-2-4-11(17)7-10/h2-8H,9H2,1H3,(H,19,20). The minimum absolute atomic E-state index is 0.129. The largest absolute Gasteiger partial charge is 0.335 e. The Bertz CT molecular complexity index is 843. The number of benzene rings is 1. The van der Waals surface area contributed by atoms with Crippen LogP contribution in [-0.4, -0.2) is 28.1 Å². The predicted octanol–water partition coefficient (Wildman–Crippen LogP) is 4.72. The van der Waals surface area contributed by atoms with E-state index in [0.29, 0.717) is 27.3 Å². The highest BCUT2D eigenvalue weighted by Gasteiger charge is 2.16. The highest BCUT2D eigenvalue weighted by atomic mass is 35.5. The van der Waals surface area contributed by atoms with Crippen molar-refractivity contribution in [3.8, 4) is 11.3 Å². The molecule has 0 aliphatic carbocycles. The van der Waals surface area contributed by atoms with E-state index in [1.165, 1.54) is 11.3 Å². The molecule has 0 radical (unpaired) electrons. The maximum atomic E-state index is 12.5. The predicted molar refractivity (Wildman–Crippen MR) is 94.2 cm³/mol. The second-order valence-corrected chi connectivity index (χ2v) is 7.28. The number of carbonyl (C=O) groups is 1. The first-order chi connectivity index (χ1) is 11.0. The van der Waals surface area contributed by atoms with Gasteiger partial charge >= 0.3 is 0 Å². The van der Waals surface area contributed by atoms with Gasteiger partial charge in [-0.1, -0.05) is 35.3 Å². The van der Waals surface area contributed by atoms with Crippen LogP contribution in [0.5, 0.6) is 0 Å². The number of thiophene rings is 1. The summed E-state index contributed by atoms with van der Waals surface area (Å²) in [6.45, 7) is 0.502. The number of aromatic nitrogens is 2. The summed E-state index contributed by atoms with van der Waals surface area (Å²) in [5.74, 6) is -0.129. The van der Waals surface area contributed by atoms with Crippen LogP contribution in [0.2, 0.25) is 9.36 Å². The Balaban J connectivity index is 1.75. The first-order valence-corrected chi connectivity index (χ1v) is 8.41. The van der Waals surface area contributed by atoms with Gasteiger partial charge in [0.15, 0.2) is 0 Å². The second-order valence-electron chi connectivity index (χ2n) is 5.04. The molecular weight excluding hydrogens is 353 g/mol. The number of hydrogen-bond acceptors (Lipinski definition) is 3. The fraction of sp³-hybridized carbons (Fsp3) is 0.125. The van der Waals surface area contributed by atoms with Gasteiger partial charge in [0, 0.05) is 22.5 Å². The molecule has 3 rings (SSSR count). The summed E-state index contributed by atoms with van der Waals surface area (Å²) in [7, 11) is 1.75. The van der Waals surface area contributed by atoms with Crippen LogP contribution in [0.25, 0.3) is 11.3 Å². The quantitative estimate of drug-likeness (QED) is 0.727. The van der Waals surface area contributed by atoms with Crippen LogP contribution in [0.3, 0.4) is 0 Å². The second kappa shape index (κ2) is 6.74. The van der Waals surface area contributed by atoms with E-state index in [2.05, 4.69) is 10.2 Å². The van der Waals surface area contributed by atoms with Crippen molar-refractivity contribution in [1.82, 2.24) is 15.1 Å². The van der Waals surface area contributed by atoms with Gasteiger partial charge in [0.1, 0.15) is 5.69 Å². The van der Waals surface area contributed by atoms with E-state index < -0.39 is 0 Å². The van der Waals surface area contributed by atoms with Gasteiger partial charge in [0.25, 0.3) is 5.91 Å². The molecule has 118 valence electrons. The summed E-state index contributed by atoms with van der Waals surface area (Å²) in [6.07, 6.45) is 0. The van der Waals surface area contributed by atoms with E-state index in [-0.39, 0.29) is 5.91 Å². The van der Waals surface area contributed by atoms with Crippen molar-refractivity contribution in [2.45, 2.75) is 6.54 Å². The van der Waals surface area contributed by atoms with Crippen LogP contribution in [-0.2, 0) is 6.54 Å². The molecule has 0 aliphatic heterocycles. The number of nitrogens with zero attached hydrogens (tertiary/aromatic N) is 2. The molecule has 0 saturated carbocycles. The van der Waals surface area contributed by atoms with Crippen LogP contribution in [0.1, 0.15) is 15.4 Å². The SMILES string of the molecule is CN(Cc1ccc(Cl)s1)C(=O)c1cc(-c2cccc(Cl)c2)n[nH]1. The zero-order chi connectivity index (χ0) is 16.4. The van der Waals surface area contributed by atoms with E-state index in [0.717, 1.165) is 10.4 Å². The van der Waals surface area contributed by atoms with Crippen LogP contribution in [0.15, 0.2) is 42.5 Å². The van der Waals surface area contributed by atoms with E-state index in [9.17, 15) is 4.79 Å². The summed E-state index contributed by atoms with van der Waals surface area (Å²) in [5.41, 5.74) is 1.98. The molecule has 1 amide bonds. The zero-order valence-electron chi connectivity index (χ0n) is 12.2. The van der Waals surface area contributed by atoms with Crippen LogP contribution >= 0.6 is 34.5 Å². The molecule has 3 aromatic rings. The number of carbonyl (C=O) groups excluding carboxylic acids is 1. The lowest BCUT2D eigenvalue weighted by molar-refractivity contribution is 0.0780. The molecule has 1 aromatic carbocycles. The number of hydrogen-bond donors (Lipinski definition) is 1. The van der Waals surface area contributed by atoms with Crippen LogP contribution in [0, 0.1) is 0 Å². The number of H-pyrrole nitrogens is 1. The molecular formula is C16H13Cl2N3OS. The van der Waals surface area contributed by atoms with Gasteiger partial charge in [-0.3, -0.25) is 9.89 Å². The number of amides is 1. The van der Waals surface area contributed by atoms with Gasteiger partial charge < -0.3 is 4.90 Å². The summed E-state index contributed by atoms with van der Waals surface area (Å²) in [5, 5.41) is 7.61. The zero-order valence-corrected chi connectivity index (χ0v) is 14.5. The molecule has 2 aromatic heterocycles. The first-order valence-electron chi connectivity index (χ1n) is 6.84. The number of rotatable bonds is 4. The first kappa shape index (κ1) is 16.1. The lowest BCUT2D eigenvalue weighted by atomic mass is 10.1. The van der Waals surface area contributed by atoms with Crippen molar-refractivity contribution in [1.29, 1.82) is 0 Å². The Labute approximate surface area is 147 Å². The molecule has 0 spiro atoms. The molecule has 0 atom stereocenters. The van der Waals surface area contributed by atoms with Crippen LogP contribution < -0.4 is 0 Å². The molecule has 0 bridgehead atoms. The van der Waals surface area contributed by atoms with Crippen molar-refractivity contribution >= 4 is 40.4 Å². The lowest BCUT2D eigenvalue weighted by Crippen LogP contribution is -2.26. The molecule has 0 saturated heterocycles. The van der Waals surface area contributed by atoms with E-state index in [4.69, 9.17) is 23.2 Å². The van der Waals surface area contributed by atoms with Crippen molar-refractivity contribution in [2.75, 3.05) is 7.05 Å².